The van der Waals surface area contributed by atoms with Crippen molar-refractivity contribution in [1.29, 1.82) is 0 Å². The lowest BCUT2D eigenvalue weighted by Crippen LogP contribution is -1.88. The predicted molar refractivity (Wildman–Crippen MR) is 50.9 cm³/mol. The average Bonchev–Trinajstić information content (AvgIpc) is 2.20. The van der Waals surface area contributed by atoms with Crippen LogP contribution in [-0.4, -0.2) is 5.78 Å². The first kappa shape index (κ1) is 10.9. The van der Waals surface area contributed by atoms with Crippen molar-refractivity contribution >= 4 is 5.78 Å². The van der Waals surface area contributed by atoms with Crippen LogP contribution in [0, 0.1) is 6.07 Å². The molecule has 1 aromatic carbocycles. The zero-order valence-corrected chi connectivity index (χ0v) is 7.71. The molecule has 0 atom stereocenters. The van der Waals surface area contributed by atoms with Gasteiger partial charge >= 0.3 is 0 Å². The highest BCUT2D eigenvalue weighted by Gasteiger charge is 1.86. The monoisotopic (exact) mass is 163 g/mol. The molecule has 12 heavy (non-hydrogen) atoms. The minimum absolute atomic E-state index is 0.343. The van der Waals surface area contributed by atoms with Gasteiger partial charge in [0.25, 0.3) is 0 Å². The van der Waals surface area contributed by atoms with E-state index in [1.807, 2.05) is 44.2 Å². The molecular formula is C11H15O. The summed E-state index contributed by atoms with van der Waals surface area (Å²) in [5.41, 5.74) is 0. The Hall–Kier alpha value is -1.11. The predicted octanol–water partition coefficient (Wildman–Crippen LogP) is 2.86. The number of benzene rings is 1. The van der Waals surface area contributed by atoms with E-state index in [0.29, 0.717) is 18.6 Å². The Kier molecular flexibility index (Phi) is 7.25. The van der Waals surface area contributed by atoms with Crippen molar-refractivity contribution in [2.75, 3.05) is 0 Å². The van der Waals surface area contributed by atoms with Crippen molar-refractivity contribution in [2.45, 2.75) is 26.7 Å². The number of carbonyl (C=O) groups excluding carboxylic acids is 1. The maximum Gasteiger partial charge on any atom is 0.132 e. The van der Waals surface area contributed by atoms with Gasteiger partial charge in [-0.05, 0) is 6.07 Å². The molecule has 1 rings (SSSR count). The van der Waals surface area contributed by atoms with Crippen molar-refractivity contribution in [3.8, 4) is 0 Å². The van der Waals surface area contributed by atoms with Crippen molar-refractivity contribution in [2.24, 2.45) is 0 Å². The van der Waals surface area contributed by atoms with E-state index in [-0.39, 0.29) is 0 Å². The number of rotatable bonds is 2. The summed E-state index contributed by atoms with van der Waals surface area (Å²) in [6, 6.07) is 12.5. The average molecular weight is 163 g/mol. The van der Waals surface area contributed by atoms with Gasteiger partial charge in [0, 0.05) is 12.8 Å². The molecule has 0 aromatic heterocycles. The lowest BCUT2D eigenvalue weighted by atomic mass is 10.3. The van der Waals surface area contributed by atoms with Crippen molar-refractivity contribution in [3.05, 3.63) is 36.4 Å². The summed E-state index contributed by atoms with van der Waals surface area (Å²) in [5.74, 6) is 0.343. The second-order valence-electron chi connectivity index (χ2n) is 2.32. The molecule has 0 aliphatic rings. The SMILES string of the molecule is CCC(=O)CC.[c]1ccccc1. The summed E-state index contributed by atoms with van der Waals surface area (Å²) in [6.07, 6.45) is 1.38. The molecule has 0 heterocycles. The van der Waals surface area contributed by atoms with E-state index in [1.165, 1.54) is 0 Å². The molecule has 1 heteroatoms. The number of hydrogen-bond donors (Lipinski definition) is 0. The van der Waals surface area contributed by atoms with Gasteiger partial charge in [0.2, 0.25) is 0 Å². The molecule has 0 saturated heterocycles. The summed E-state index contributed by atoms with van der Waals surface area (Å²) in [4.78, 5) is 10.2. The summed E-state index contributed by atoms with van der Waals surface area (Å²) in [5, 5.41) is 0. The highest BCUT2D eigenvalue weighted by atomic mass is 16.1. The van der Waals surface area contributed by atoms with Crippen LogP contribution in [0.5, 0.6) is 0 Å². The van der Waals surface area contributed by atoms with Gasteiger partial charge in [-0.3, -0.25) is 4.79 Å². The van der Waals surface area contributed by atoms with Crippen molar-refractivity contribution in [1.82, 2.24) is 0 Å². The van der Waals surface area contributed by atoms with Crippen LogP contribution in [0.15, 0.2) is 30.3 Å². The van der Waals surface area contributed by atoms with Crippen LogP contribution in [0.2, 0.25) is 0 Å². The highest BCUT2D eigenvalue weighted by molar-refractivity contribution is 5.77. The van der Waals surface area contributed by atoms with Crippen LogP contribution >= 0.6 is 0 Å². The smallest absolute Gasteiger partial charge is 0.132 e. The Morgan fingerprint density at radius 1 is 1.08 bits per heavy atom. The Morgan fingerprint density at radius 2 is 1.58 bits per heavy atom. The maximum atomic E-state index is 10.2. The third-order valence-corrected chi connectivity index (χ3v) is 1.40. The van der Waals surface area contributed by atoms with Crippen LogP contribution in [0.1, 0.15) is 26.7 Å². The summed E-state index contributed by atoms with van der Waals surface area (Å²) in [6.45, 7) is 3.76. The van der Waals surface area contributed by atoms with E-state index in [9.17, 15) is 4.79 Å². The molecular weight excluding hydrogens is 148 g/mol. The summed E-state index contributed by atoms with van der Waals surface area (Å²) < 4.78 is 0. The molecule has 0 unspecified atom stereocenters. The van der Waals surface area contributed by atoms with Gasteiger partial charge in [-0.2, -0.15) is 0 Å². The molecule has 0 bridgehead atoms. The molecule has 0 N–H and O–H groups in total. The van der Waals surface area contributed by atoms with E-state index in [1.54, 1.807) is 0 Å². The molecule has 0 saturated carbocycles. The quantitative estimate of drug-likeness (QED) is 0.655. The fourth-order valence-electron chi connectivity index (χ4n) is 0.592. The van der Waals surface area contributed by atoms with Crippen LogP contribution < -0.4 is 0 Å². The molecule has 65 valence electrons. The van der Waals surface area contributed by atoms with Gasteiger partial charge in [-0.15, -0.1) is 0 Å². The summed E-state index contributed by atoms with van der Waals surface area (Å²) >= 11 is 0. The zero-order chi connectivity index (χ0) is 9.23. The van der Waals surface area contributed by atoms with Crippen LogP contribution in [-0.2, 0) is 4.79 Å². The first-order valence-electron chi connectivity index (χ1n) is 4.24. The third-order valence-electron chi connectivity index (χ3n) is 1.40. The van der Waals surface area contributed by atoms with Gasteiger partial charge in [0.05, 0.1) is 0 Å². The van der Waals surface area contributed by atoms with Crippen molar-refractivity contribution < 1.29 is 4.79 Å². The zero-order valence-electron chi connectivity index (χ0n) is 7.71. The molecule has 0 aliphatic heterocycles. The maximum absolute atomic E-state index is 10.2. The fraction of sp³-hybridized carbons (Fsp3) is 0.364. The van der Waals surface area contributed by atoms with Crippen LogP contribution in [0.3, 0.4) is 0 Å². The van der Waals surface area contributed by atoms with Crippen LogP contribution in [0.25, 0.3) is 0 Å². The fourth-order valence-corrected chi connectivity index (χ4v) is 0.592. The third kappa shape index (κ3) is 7.00. The number of ketones is 1. The Morgan fingerprint density at radius 3 is 1.67 bits per heavy atom. The number of carbonyl (C=O) groups is 1. The van der Waals surface area contributed by atoms with E-state index >= 15 is 0 Å². The molecule has 0 aliphatic carbocycles. The first-order chi connectivity index (χ1) is 5.81. The second-order valence-corrected chi connectivity index (χ2v) is 2.32. The van der Waals surface area contributed by atoms with Gasteiger partial charge < -0.3 is 0 Å². The molecule has 1 nitrogen and oxygen atoms in total. The van der Waals surface area contributed by atoms with Gasteiger partial charge in [-0.25, -0.2) is 0 Å². The van der Waals surface area contributed by atoms with Gasteiger partial charge in [0.1, 0.15) is 5.78 Å². The topological polar surface area (TPSA) is 17.1 Å². The number of Topliss-reactive ketones (excluding diaryl/α,β-unsaturated/α-hetero) is 1. The molecule has 1 aromatic rings. The minimum Gasteiger partial charge on any atom is -0.300 e. The highest BCUT2D eigenvalue weighted by Crippen LogP contribution is 1.83. The number of hydrogen-bond acceptors (Lipinski definition) is 1. The molecule has 0 spiro atoms. The molecule has 0 fully saturated rings. The Labute approximate surface area is 74.4 Å². The van der Waals surface area contributed by atoms with E-state index < -0.39 is 0 Å². The lowest BCUT2D eigenvalue weighted by Gasteiger charge is -1.81. The van der Waals surface area contributed by atoms with Gasteiger partial charge in [-0.1, -0.05) is 44.2 Å². The Balaban J connectivity index is 0.000000202. The molecule has 1 radical (unpaired) electrons. The standard InChI is InChI=1S/C6H5.C5H10O/c1-2-4-6-5-3-1;1-3-5(6)4-2/h1-5H;3-4H2,1-2H3. The molecule has 0 amide bonds. The van der Waals surface area contributed by atoms with Crippen LogP contribution in [0.4, 0.5) is 0 Å². The van der Waals surface area contributed by atoms with Crippen molar-refractivity contribution in [3.63, 3.8) is 0 Å². The Bertz CT molecular complexity index is 159. The van der Waals surface area contributed by atoms with E-state index in [0.717, 1.165) is 0 Å². The van der Waals surface area contributed by atoms with Gasteiger partial charge in [0.15, 0.2) is 0 Å². The normalized spacial score (nSPS) is 8.17. The lowest BCUT2D eigenvalue weighted by molar-refractivity contribution is -0.118. The minimum atomic E-state index is 0.343. The van der Waals surface area contributed by atoms with E-state index in [2.05, 4.69) is 6.07 Å². The summed E-state index contributed by atoms with van der Waals surface area (Å²) in [7, 11) is 0. The second kappa shape index (κ2) is 7.99. The largest absolute Gasteiger partial charge is 0.300 e. The first-order valence-corrected chi connectivity index (χ1v) is 4.24. The van der Waals surface area contributed by atoms with E-state index in [4.69, 9.17) is 0 Å².